The van der Waals surface area contributed by atoms with Crippen molar-refractivity contribution in [2.45, 2.75) is 36.9 Å². The van der Waals surface area contributed by atoms with Crippen LogP contribution in [0.25, 0.3) is 0 Å². The smallest absolute Gasteiger partial charge is 0.409 e. The lowest BCUT2D eigenvalue weighted by molar-refractivity contribution is 0.101. The van der Waals surface area contributed by atoms with Crippen molar-refractivity contribution in [3.05, 3.63) is 83.8 Å². The van der Waals surface area contributed by atoms with Crippen molar-refractivity contribution in [3.8, 4) is 6.07 Å². The number of carbonyl (C=O) groups is 1. The number of hydrogen-bond donors (Lipinski definition) is 0. The van der Waals surface area contributed by atoms with E-state index in [2.05, 4.69) is 20.9 Å². The summed E-state index contributed by atoms with van der Waals surface area (Å²) in [6, 6.07) is 16.2. The number of nitrogens with zero attached hydrogens (tertiary/aromatic N) is 6. The van der Waals surface area contributed by atoms with Crippen LogP contribution in [0.2, 0.25) is 0 Å². The number of aromatic nitrogens is 2. The molecule has 0 bridgehead atoms. The Morgan fingerprint density at radius 1 is 1.15 bits per heavy atom. The highest BCUT2D eigenvalue weighted by atomic mass is 32.2. The number of hydrogen-bond acceptors (Lipinski definition) is 8. The van der Waals surface area contributed by atoms with Gasteiger partial charge in [-0.1, -0.05) is 12.1 Å². The molecule has 0 aliphatic carbocycles. The Morgan fingerprint density at radius 3 is 2.65 bits per heavy atom. The Hall–Kier alpha value is -4.01. The van der Waals surface area contributed by atoms with Crippen LogP contribution in [0.4, 0.5) is 10.5 Å². The Kier molecular flexibility index (Phi) is 8.28. The molecular weight excluding hydrogens is 528 g/mol. The average molecular weight is 561 g/mol. The molecule has 11 heteroatoms. The van der Waals surface area contributed by atoms with Gasteiger partial charge in [0, 0.05) is 63.0 Å². The summed E-state index contributed by atoms with van der Waals surface area (Å²) < 4.78 is 34.7. The molecule has 0 spiro atoms. The predicted octanol–water partition coefficient (Wildman–Crippen LogP) is 3.45. The zero-order valence-electron chi connectivity index (χ0n) is 22.4. The zero-order valence-corrected chi connectivity index (χ0v) is 23.2. The van der Waals surface area contributed by atoms with E-state index in [4.69, 9.17) is 4.74 Å². The van der Waals surface area contributed by atoms with E-state index in [1.165, 1.54) is 19.4 Å². The molecular formula is C29H32N6O4S. The lowest BCUT2D eigenvalue weighted by atomic mass is 9.93. The minimum absolute atomic E-state index is 0.0115. The fourth-order valence-corrected chi connectivity index (χ4v) is 7.22. The van der Waals surface area contributed by atoms with Gasteiger partial charge in [0.1, 0.15) is 0 Å². The van der Waals surface area contributed by atoms with E-state index < -0.39 is 10.0 Å². The van der Waals surface area contributed by atoms with Gasteiger partial charge in [-0.25, -0.2) is 18.2 Å². The van der Waals surface area contributed by atoms with Gasteiger partial charge >= 0.3 is 6.09 Å². The van der Waals surface area contributed by atoms with E-state index in [-0.39, 0.29) is 23.1 Å². The van der Waals surface area contributed by atoms with E-state index in [0.29, 0.717) is 57.5 Å². The highest BCUT2D eigenvalue weighted by Crippen LogP contribution is 2.34. The first-order valence-electron chi connectivity index (χ1n) is 13.3. The van der Waals surface area contributed by atoms with Crippen LogP contribution in [0.3, 0.4) is 0 Å². The van der Waals surface area contributed by atoms with Gasteiger partial charge in [0.05, 0.1) is 18.7 Å². The van der Waals surface area contributed by atoms with Gasteiger partial charge in [0.2, 0.25) is 0 Å². The van der Waals surface area contributed by atoms with Crippen molar-refractivity contribution in [1.29, 1.82) is 5.26 Å². The largest absolute Gasteiger partial charge is 0.453 e. The third-order valence-corrected chi connectivity index (χ3v) is 9.47. The molecule has 1 aromatic carbocycles. The minimum atomic E-state index is -3.94. The monoisotopic (exact) mass is 560 g/mol. The third kappa shape index (κ3) is 5.93. The molecule has 0 N–H and O–H groups in total. The number of anilines is 1. The van der Waals surface area contributed by atoms with Gasteiger partial charge in [-0.15, -0.1) is 0 Å². The highest BCUT2D eigenvalue weighted by Gasteiger charge is 2.39. The lowest BCUT2D eigenvalue weighted by Gasteiger charge is -2.42. The fraction of sp³-hybridized carbons (Fsp3) is 0.379. The summed E-state index contributed by atoms with van der Waals surface area (Å²) in [6.45, 7) is 2.37. The topological polar surface area (TPSA) is 120 Å². The quantitative estimate of drug-likeness (QED) is 0.431. The molecule has 4 heterocycles. The summed E-state index contributed by atoms with van der Waals surface area (Å²) in [7, 11) is -2.57. The Morgan fingerprint density at radius 2 is 1.98 bits per heavy atom. The molecule has 3 aromatic rings. The number of piperidine rings is 1. The summed E-state index contributed by atoms with van der Waals surface area (Å²) in [5.41, 5.74) is 3.46. The molecule has 2 aromatic heterocycles. The second kappa shape index (κ2) is 12.0. The number of pyridine rings is 2. The number of sulfonamides is 1. The first-order chi connectivity index (χ1) is 19.4. The van der Waals surface area contributed by atoms with Crippen LogP contribution in [0.15, 0.2) is 72.1 Å². The van der Waals surface area contributed by atoms with Gasteiger partial charge in [0.25, 0.3) is 10.0 Å². The van der Waals surface area contributed by atoms with Crippen LogP contribution in [-0.4, -0.2) is 73.0 Å². The van der Waals surface area contributed by atoms with Crippen molar-refractivity contribution in [2.75, 3.05) is 38.2 Å². The summed E-state index contributed by atoms with van der Waals surface area (Å²) >= 11 is 0. The number of amides is 1. The number of fused-ring (bicyclic) bond motifs is 1. The van der Waals surface area contributed by atoms with Crippen LogP contribution in [-0.2, 0) is 27.7 Å². The molecule has 0 radical (unpaired) electrons. The second-order valence-corrected chi connectivity index (χ2v) is 12.0. The Balaban J connectivity index is 1.48. The van der Waals surface area contributed by atoms with Crippen LogP contribution < -0.4 is 4.90 Å². The van der Waals surface area contributed by atoms with E-state index in [1.807, 2.05) is 30.5 Å². The third-order valence-electron chi connectivity index (χ3n) is 7.64. The summed E-state index contributed by atoms with van der Waals surface area (Å²) in [5, 5.41) is 9.58. The normalized spacial score (nSPS) is 17.8. The maximum atomic E-state index is 14.1. The van der Waals surface area contributed by atoms with E-state index in [9.17, 15) is 18.5 Å². The predicted molar refractivity (Wildman–Crippen MR) is 149 cm³/mol. The van der Waals surface area contributed by atoms with Gasteiger partial charge < -0.3 is 14.5 Å². The van der Waals surface area contributed by atoms with Gasteiger partial charge in [-0.05, 0) is 72.7 Å². The minimum Gasteiger partial charge on any atom is -0.453 e. The number of likely N-dealkylation sites (tertiary alicyclic amines) is 1. The summed E-state index contributed by atoms with van der Waals surface area (Å²) in [6.07, 6.45) is 6.48. The van der Waals surface area contributed by atoms with Gasteiger partial charge in [-0.2, -0.15) is 9.57 Å². The fourth-order valence-electron chi connectivity index (χ4n) is 5.60. The molecule has 1 unspecified atom stereocenters. The first-order valence-corrected chi connectivity index (χ1v) is 14.8. The van der Waals surface area contributed by atoms with Crippen LogP contribution in [0, 0.1) is 17.2 Å². The van der Waals surface area contributed by atoms with E-state index in [1.54, 1.807) is 33.6 Å². The van der Waals surface area contributed by atoms with Crippen molar-refractivity contribution in [1.82, 2.24) is 19.2 Å². The SMILES string of the molecule is COC(=O)N1CCC(CN(C2Cc3cc(C#N)ccc3N(Cc3cccnc3)C2)S(=O)(=O)c2ccccn2)CC1. The molecule has 208 valence electrons. The molecule has 5 rings (SSSR count). The molecule has 2 aliphatic heterocycles. The number of benzene rings is 1. The molecule has 1 atom stereocenters. The second-order valence-electron chi connectivity index (χ2n) is 10.2. The lowest BCUT2D eigenvalue weighted by Crippen LogP contribution is -2.53. The average Bonchev–Trinajstić information content (AvgIpc) is 3.00. The molecule has 1 amide bonds. The van der Waals surface area contributed by atoms with Crippen LogP contribution in [0.5, 0.6) is 0 Å². The van der Waals surface area contributed by atoms with Crippen molar-refractivity contribution in [2.24, 2.45) is 5.92 Å². The molecule has 0 saturated carbocycles. The highest BCUT2D eigenvalue weighted by molar-refractivity contribution is 7.89. The van der Waals surface area contributed by atoms with E-state index >= 15 is 0 Å². The maximum absolute atomic E-state index is 14.1. The number of rotatable bonds is 7. The van der Waals surface area contributed by atoms with Gasteiger partial charge in [-0.3, -0.25) is 4.98 Å². The maximum Gasteiger partial charge on any atom is 0.409 e. The zero-order chi connectivity index (χ0) is 28.1. The molecule has 2 aliphatic rings. The van der Waals surface area contributed by atoms with Crippen molar-refractivity contribution < 1.29 is 17.9 Å². The Labute approximate surface area is 234 Å². The van der Waals surface area contributed by atoms with Crippen LogP contribution in [0.1, 0.15) is 29.5 Å². The Bertz CT molecular complexity index is 1470. The van der Waals surface area contributed by atoms with Gasteiger partial charge in [0.15, 0.2) is 5.03 Å². The number of nitriles is 1. The molecule has 1 saturated heterocycles. The number of carbonyl (C=O) groups excluding carboxylic acids is 1. The summed E-state index contributed by atoms with van der Waals surface area (Å²) in [5.74, 6) is 0.0676. The number of methoxy groups -OCH3 is 1. The molecule has 40 heavy (non-hydrogen) atoms. The van der Waals surface area contributed by atoms with E-state index in [0.717, 1.165) is 16.8 Å². The van der Waals surface area contributed by atoms with Crippen molar-refractivity contribution >= 4 is 21.8 Å². The standard InChI is InChI=1S/C29H32N6O4S/c1-39-29(36)33-13-9-22(10-14-33)20-35(40(37,38)28-6-2-3-12-32-28)26-16-25-15-23(17-30)7-8-27(25)34(21-26)19-24-5-4-11-31-18-24/h2-8,11-12,15,18,22,26H,9-10,13-14,16,19-21H2,1H3. The van der Waals surface area contributed by atoms with Crippen molar-refractivity contribution in [3.63, 3.8) is 0 Å². The molecule has 10 nitrogen and oxygen atoms in total. The number of ether oxygens (including phenoxy) is 1. The molecule has 1 fully saturated rings. The first kappa shape index (κ1) is 27.6. The van der Waals surface area contributed by atoms with Crippen LogP contribution >= 0.6 is 0 Å². The summed E-state index contributed by atoms with van der Waals surface area (Å²) in [4.78, 5) is 24.3.